The summed E-state index contributed by atoms with van der Waals surface area (Å²) >= 11 is 0. The third-order valence-corrected chi connectivity index (χ3v) is 5.63. The molecule has 0 spiro atoms. The van der Waals surface area contributed by atoms with Gasteiger partial charge in [0.2, 0.25) is 5.91 Å². The number of carbonyl (C=O) groups excluding carboxylic acids is 1. The molecule has 2 aromatic heterocycles. The zero-order chi connectivity index (χ0) is 23.5. The zero-order valence-corrected chi connectivity index (χ0v) is 18.9. The van der Waals surface area contributed by atoms with Crippen LogP contribution in [-0.4, -0.2) is 20.0 Å². The largest absolute Gasteiger partial charge is 0.350 e. The number of amides is 1. The van der Waals surface area contributed by atoms with Crippen LogP contribution >= 0.6 is 0 Å². The Kier molecular flexibility index (Phi) is 6.22. The van der Waals surface area contributed by atoms with Crippen molar-refractivity contribution in [3.05, 3.63) is 105 Å². The molecule has 0 saturated carbocycles. The number of aryl methyl sites for hydroxylation is 1. The van der Waals surface area contributed by atoms with Crippen LogP contribution in [-0.2, 0) is 17.9 Å². The molecule has 0 aliphatic heterocycles. The van der Waals surface area contributed by atoms with Gasteiger partial charge in [-0.2, -0.15) is 0 Å². The van der Waals surface area contributed by atoms with Crippen LogP contribution in [0.3, 0.4) is 0 Å². The lowest BCUT2D eigenvalue weighted by Gasteiger charge is -2.15. The van der Waals surface area contributed by atoms with Gasteiger partial charge in [0.25, 0.3) is 5.56 Å². The molecule has 4 rings (SSSR count). The Morgan fingerprint density at radius 2 is 1.82 bits per heavy atom. The van der Waals surface area contributed by atoms with Gasteiger partial charge in [0.1, 0.15) is 6.54 Å². The molecule has 0 radical (unpaired) electrons. The summed E-state index contributed by atoms with van der Waals surface area (Å²) in [4.78, 5) is 43.5. The first kappa shape index (κ1) is 22.2. The van der Waals surface area contributed by atoms with Crippen molar-refractivity contribution >= 4 is 16.8 Å². The molecule has 33 heavy (non-hydrogen) atoms. The lowest BCUT2D eigenvalue weighted by Crippen LogP contribution is -2.41. The van der Waals surface area contributed by atoms with Crippen LogP contribution in [0.15, 0.2) is 76.6 Å². The van der Waals surface area contributed by atoms with Crippen LogP contribution in [0.25, 0.3) is 16.6 Å². The van der Waals surface area contributed by atoms with E-state index in [4.69, 9.17) is 0 Å². The standard InChI is InChI=1S/C26H26N4O3/c1-17(2)20-7-9-21(10-8-20)30-25(32)22-13-18(3)6-11-23(22)29(26(30)33)16-24(31)28-15-19-5-4-12-27-14-19/h4-14,17H,15-16H2,1-3H3,(H,28,31). The number of nitrogens with one attached hydrogen (secondary N) is 1. The number of nitrogens with zero attached hydrogens (tertiary/aromatic N) is 3. The number of hydrogen-bond donors (Lipinski definition) is 1. The summed E-state index contributed by atoms with van der Waals surface area (Å²) < 4.78 is 2.49. The van der Waals surface area contributed by atoms with E-state index in [1.54, 1.807) is 42.7 Å². The van der Waals surface area contributed by atoms with Crippen molar-refractivity contribution < 1.29 is 4.79 Å². The summed E-state index contributed by atoms with van der Waals surface area (Å²) in [6.45, 7) is 6.14. The molecule has 2 heterocycles. The number of pyridine rings is 1. The molecule has 0 saturated heterocycles. The molecule has 7 nitrogen and oxygen atoms in total. The third-order valence-electron chi connectivity index (χ3n) is 5.63. The van der Waals surface area contributed by atoms with Crippen molar-refractivity contribution in [1.29, 1.82) is 0 Å². The highest BCUT2D eigenvalue weighted by molar-refractivity contribution is 5.82. The quantitative estimate of drug-likeness (QED) is 0.497. The van der Waals surface area contributed by atoms with Crippen LogP contribution in [0.5, 0.6) is 0 Å². The zero-order valence-electron chi connectivity index (χ0n) is 18.9. The van der Waals surface area contributed by atoms with Gasteiger partial charge in [-0.05, 0) is 54.3 Å². The van der Waals surface area contributed by atoms with Crippen molar-refractivity contribution in [2.45, 2.75) is 39.8 Å². The van der Waals surface area contributed by atoms with Gasteiger partial charge in [-0.25, -0.2) is 9.36 Å². The number of rotatable bonds is 6. The number of carbonyl (C=O) groups is 1. The fourth-order valence-corrected chi connectivity index (χ4v) is 3.78. The number of aromatic nitrogens is 3. The Balaban J connectivity index is 1.77. The number of benzene rings is 2. The minimum Gasteiger partial charge on any atom is -0.350 e. The molecular formula is C26H26N4O3. The van der Waals surface area contributed by atoms with Gasteiger partial charge in [-0.1, -0.05) is 43.7 Å². The van der Waals surface area contributed by atoms with Crippen molar-refractivity contribution in [2.75, 3.05) is 0 Å². The average molecular weight is 443 g/mol. The van der Waals surface area contributed by atoms with E-state index in [0.717, 1.165) is 21.3 Å². The molecule has 168 valence electrons. The van der Waals surface area contributed by atoms with Crippen LogP contribution in [0, 0.1) is 6.92 Å². The maximum Gasteiger partial charge on any atom is 0.336 e. The van der Waals surface area contributed by atoms with E-state index in [-0.39, 0.29) is 12.5 Å². The minimum absolute atomic E-state index is 0.205. The average Bonchev–Trinajstić information content (AvgIpc) is 2.81. The van der Waals surface area contributed by atoms with Crippen LogP contribution in [0.4, 0.5) is 0 Å². The lowest BCUT2D eigenvalue weighted by molar-refractivity contribution is -0.121. The van der Waals surface area contributed by atoms with Crippen LogP contribution in [0.2, 0.25) is 0 Å². The van der Waals surface area contributed by atoms with Crippen molar-refractivity contribution in [1.82, 2.24) is 19.4 Å². The SMILES string of the molecule is Cc1ccc2c(c1)c(=O)n(-c1ccc(C(C)C)cc1)c(=O)n2CC(=O)NCc1cccnc1. The predicted octanol–water partition coefficient (Wildman–Crippen LogP) is 3.30. The van der Waals surface area contributed by atoms with E-state index in [9.17, 15) is 14.4 Å². The van der Waals surface area contributed by atoms with Crippen molar-refractivity contribution in [2.24, 2.45) is 0 Å². The summed E-state index contributed by atoms with van der Waals surface area (Å²) in [6.07, 6.45) is 3.33. The first-order valence-electron chi connectivity index (χ1n) is 10.9. The summed E-state index contributed by atoms with van der Waals surface area (Å²) in [5, 5.41) is 3.21. The summed E-state index contributed by atoms with van der Waals surface area (Å²) in [5.74, 6) is -0.00150. The smallest absolute Gasteiger partial charge is 0.336 e. The molecule has 1 amide bonds. The fourth-order valence-electron chi connectivity index (χ4n) is 3.78. The second-order valence-electron chi connectivity index (χ2n) is 8.41. The molecule has 0 atom stereocenters. The van der Waals surface area contributed by atoms with Gasteiger partial charge < -0.3 is 5.32 Å². The van der Waals surface area contributed by atoms with Crippen molar-refractivity contribution in [3.63, 3.8) is 0 Å². The molecule has 0 fully saturated rings. The first-order valence-corrected chi connectivity index (χ1v) is 10.9. The highest BCUT2D eigenvalue weighted by atomic mass is 16.2. The Bertz CT molecular complexity index is 1420. The maximum absolute atomic E-state index is 13.5. The number of hydrogen-bond acceptors (Lipinski definition) is 4. The fraction of sp³-hybridized carbons (Fsp3) is 0.231. The van der Waals surface area contributed by atoms with Gasteiger partial charge in [0.15, 0.2) is 0 Å². The van der Waals surface area contributed by atoms with Gasteiger partial charge >= 0.3 is 5.69 Å². The Morgan fingerprint density at radius 1 is 1.06 bits per heavy atom. The van der Waals surface area contributed by atoms with Crippen molar-refractivity contribution in [3.8, 4) is 5.69 Å². The normalized spacial score (nSPS) is 11.2. The molecule has 1 N–H and O–H groups in total. The second kappa shape index (κ2) is 9.24. The Morgan fingerprint density at radius 3 is 2.48 bits per heavy atom. The van der Waals surface area contributed by atoms with E-state index in [0.29, 0.717) is 29.1 Å². The summed E-state index contributed by atoms with van der Waals surface area (Å²) in [6, 6.07) is 16.3. The predicted molar refractivity (Wildman–Crippen MR) is 129 cm³/mol. The minimum atomic E-state index is -0.551. The highest BCUT2D eigenvalue weighted by Gasteiger charge is 2.17. The molecule has 2 aromatic carbocycles. The van der Waals surface area contributed by atoms with Gasteiger partial charge in [0, 0.05) is 18.9 Å². The molecule has 7 heteroatoms. The lowest BCUT2D eigenvalue weighted by atomic mass is 10.0. The van der Waals surface area contributed by atoms with Crippen LogP contribution in [0.1, 0.15) is 36.5 Å². The third kappa shape index (κ3) is 4.62. The monoisotopic (exact) mass is 442 g/mol. The first-order chi connectivity index (χ1) is 15.8. The Hall–Kier alpha value is -4.00. The van der Waals surface area contributed by atoms with Crippen LogP contribution < -0.4 is 16.6 Å². The summed E-state index contributed by atoms with van der Waals surface area (Å²) in [7, 11) is 0. The summed E-state index contributed by atoms with van der Waals surface area (Å²) in [5.41, 5.74) is 2.82. The van der Waals surface area contributed by atoms with Gasteiger partial charge in [0.05, 0.1) is 16.6 Å². The molecule has 0 aliphatic rings. The van der Waals surface area contributed by atoms with E-state index in [1.807, 2.05) is 31.2 Å². The van der Waals surface area contributed by atoms with Gasteiger partial charge in [-0.15, -0.1) is 0 Å². The maximum atomic E-state index is 13.5. The van der Waals surface area contributed by atoms with E-state index in [2.05, 4.69) is 24.1 Å². The molecule has 0 aliphatic carbocycles. The highest BCUT2D eigenvalue weighted by Crippen LogP contribution is 2.17. The topological polar surface area (TPSA) is 86.0 Å². The molecule has 0 unspecified atom stereocenters. The van der Waals surface area contributed by atoms with E-state index < -0.39 is 11.2 Å². The second-order valence-corrected chi connectivity index (χ2v) is 8.41. The molecule has 0 bridgehead atoms. The Labute approximate surface area is 191 Å². The number of fused-ring (bicyclic) bond motifs is 1. The van der Waals surface area contributed by atoms with E-state index >= 15 is 0 Å². The molecular weight excluding hydrogens is 416 g/mol. The van der Waals surface area contributed by atoms with Gasteiger partial charge in [-0.3, -0.25) is 19.1 Å². The van der Waals surface area contributed by atoms with E-state index in [1.165, 1.54) is 4.57 Å². The molecule has 4 aromatic rings.